The first-order valence-corrected chi connectivity index (χ1v) is 2.58. The van der Waals surface area contributed by atoms with Crippen molar-refractivity contribution in [2.45, 2.75) is 25.6 Å². The van der Waals surface area contributed by atoms with Crippen LogP contribution in [0.15, 0.2) is 0 Å². The van der Waals surface area contributed by atoms with Crippen LogP contribution in [0, 0.1) is 0 Å². The van der Waals surface area contributed by atoms with Crippen molar-refractivity contribution in [1.29, 1.82) is 0 Å². The smallest absolute Gasteiger partial charge is 0.0798 e. The maximum absolute atomic E-state index is 8.77. The van der Waals surface area contributed by atoms with Crippen molar-refractivity contribution in [2.24, 2.45) is 0 Å². The van der Waals surface area contributed by atoms with Crippen LogP contribution in [0.3, 0.4) is 0 Å². The highest BCUT2D eigenvalue weighted by Gasteiger charge is 2.18. The predicted octanol–water partition coefficient (Wildman–Crippen LogP) is 0.156. The molecule has 1 saturated heterocycles. The van der Waals surface area contributed by atoms with Crippen molar-refractivity contribution in [1.82, 2.24) is 0 Å². The van der Waals surface area contributed by atoms with Crippen LogP contribution in [0.4, 0.5) is 0 Å². The minimum absolute atomic E-state index is 0.199. The predicted molar refractivity (Wildman–Crippen MR) is 26.0 cm³/mol. The van der Waals surface area contributed by atoms with Gasteiger partial charge in [0.2, 0.25) is 0 Å². The third-order valence-electron chi connectivity index (χ3n) is 1.18. The summed E-state index contributed by atoms with van der Waals surface area (Å²) in [5.41, 5.74) is 0. The average Bonchev–Trinajstić information content (AvgIpc) is 1.87. The van der Waals surface area contributed by atoms with Crippen LogP contribution in [0.25, 0.3) is 0 Å². The summed E-state index contributed by atoms with van der Waals surface area (Å²) in [6.07, 6.45) is 0.880. The van der Waals surface area contributed by atoms with E-state index in [9.17, 15) is 0 Å². The van der Waals surface area contributed by atoms with Crippen LogP contribution < -0.4 is 0 Å². The molecule has 0 bridgehead atoms. The van der Waals surface area contributed by atoms with Gasteiger partial charge in [-0.15, -0.1) is 0 Å². The summed E-state index contributed by atoms with van der Waals surface area (Å²) < 4.78 is 5.02. The van der Waals surface area contributed by atoms with Crippen molar-refractivity contribution >= 4 is 0 Å². The fourth-order valence-electron chi connectivity index (χ4n) is 0.795. The van der Waals surface area contributed by atoms with E-state index in [0.29, 0.717) is 6.61 Å². The molecule has 0 amide bonds. The van der Waals surface area contributed by atoms with Crippen LogP contribution in [-0.4, -0.2) is 23.9 Å². The van der Waals surface area contributed by atoms with Gasteiger partial charge < -0.3 is 9.84 Å². The maximum atomic E-state index is 8.77. The SMILES string of the molecule is CC1C[C@H](O)CO1. The molecule has 2 heteroatoms. The van der Waals surface area contributed by atoms with E-state index in [4.69, 9.17) is 9.84 Å². The molecule has 0 aliphatic carbocycles. The molecule has 0 aromatic rings. The van der Waals surface area contributed by atoms with Crippen molar-refractivity contribution in [3.05, 3.63) is 0 Å². The molecule has 1 N–H and O–H groups in total. The van der Waals surface area contributed by atoms with Gasteiger partial charge in [-0.1, -0.05) is 0 Å². The Hall–Kier alpha value is -0.0800. The van der Waals surface area contributed by atoms with Gasteiger partial charge in [-0.2, -0.15) is 0 Å². The minimum atomic E-state index is -0.199. The standard InChI is InChI=1S/C5H10O2/c1-4-2-5(6)3-7-4/h4-6H,2-3H2,1H3/t4?,5-/m0/s1. The Labute approximate surface area is 43.1 Å². The Morgan fingerprint density at radius 2 is 2.43 bits per heavy atom. The molecule has 1 rings (SSSR count). The first kappa shape index (κ1) is 5.06. The van der Waals surface area contributed by atoms with E-state index < -0.39 is 0 Å². The molecule has 2 atom stereocenters. The van der Waals surface area contributed by atoms with Gasteiger partial charge >= 0.3 is 0 Å². The van der Waals surface area contributed by atoms with Crippen molar-refractivity contribution < 1.29 is 9.84 Å². The largest absolute Gasteiger partial charge is 0.391 e. The lowest BCUT2D eigenvalue weighted by atomic mass is 10.2. The van der Waals surface area contributed by atoms with E-state index in [2.05, 4.69) is 0 Å². The number of ether oxygens (including phenoxy) is 1. The van der Waals surface area contributed by atoms with Crippen LogP contribution in [0.2, 0.25) is 0 Å². The fraction of sp³-hybridized carbons (Fsp3) is 1.00. The van der Waals surface area contributed by atoms with Gasteiger partial charge in [0, 0.05) is 6.42 Å². The van der Waals surface area contributed by atoms with Gasteiger partial charge in [-0.05, 0) is 6.92 Å². The Balaban J connectivity index is 2.26. The second-order valence-electron chi connectivity index (χ2n) is 2.03. The molecule has 0 radical (unpaired) electrons. The van der Waals surface area contributed by atoms with Crippen LogP contribution in [-0.2, 0) is 4.74 Å². The number of aliphatic hydroxyl groups excluding tert-OH is 1. The summed E-state index contributed by atoms with van der Waals surface area (Å²) in [7, 11) is 0. The quantitative estimate of drug-likeness (QED) is 0.472. The van der Waals surface area contributed by atoms with E-state index in [0.717, 1.165) is 6.42 Å². The Morgan fingerprint density at radius 3 is 2.57 bits per heavy atom. The third-order valence-corrected chi connectivity index (χ3v) is 1.18. The van der Waals surface area contributed by atoms with Gasteiger partial charge in [0.25, 0.3) is 0 Å². The third kappa shape index (κ3) is 1.14. The topological polar surface area (TPSA) is 29.5 Å². The lowest BCUT2D eigenvalue weighted by molar-refractivity contribution is 0.0971. The molecule has 0 aromatic heterocycles. The van der Waals surface area contributed by atoms with Gasteiger partial charge in [-0.25, -0.2) is 0 Å². The first-order chi connectivity index (χ1) is 3.29. The average molecular weight is 102 g/mol. The second-order valence-corrected chi connectivity index (χ2v) is 2.03. The van der Waals surface area contributed by atoms with Gasteiger partial charge in [0.05, 0.1) is 18.8 Å². The number of aliphatic hydroxyl groups is 1. The Kier molecular flexibility index (Phi) is 1.30. The number of hydrogen-bond acceptors (Lipinski definition) is 2. The van der Waals surface area contributed by atoms with Crippen molar-refractivity contribution in [3.8, 4) is 0 Å². The molecule has 0 saturated carbocycles. The van der Waals surface area contributed by atoms with E-state index in [1.807, 2.05) is 6.92 Å². The summed E-state index contributed by atoms with van der Waals surface area (Å²) in [5.74, 6) is 0. The molecule has 42 valence electrons. The molecule has 1 heterocycles. The minimum Gasteiger partial charge on any atom is -0.391 e. The highest BCUT2D eigenvalue weighted by Crippen LogP contribution is 2.10. The van der Waals surface area contributed by atoms with E-state index in [1.165, 1.54) is 0 Å². The van der Waals surface area contributed by atoms with Crippen molar-refractivity contribution in [3.63, 3.8) is 0 Å². The summed E-state index contributed by atoms with van der Waals surface area (Å²) >= 11 is 0. The van der Waals surface area contributed by atoms with Crippen LogP contribution >= 0.6 is 0 Å². The van der Waals surface area contributed by atoms with Gasteiger partial charge in [-0.3, -0.25) is 0 Å². The van der Waals surface area contributed by atoms with E-state index in [-0.39, 0.29) is 12.2 Å². The van der Waals surface area contributed by atoms with Gasteiger partial charge in [0.15, 0.2) is 0 Å². The first-order valence-electron chi connectivity index (χ1n) is 2.58. The normalized spacial score (nSPS) is 42.0. The number of rotatable bonds is 0. The summed E-state index contributed by atoms with van der Waals surface area (Å²) in [4.78, 5) is 0. The molecule has 0 aromatic carbocycles. The molecular formula is C5H10O2. The molecule has 1 aliphatic rings. The zero-order valence-electron chi connectivity index (χ0n) is 4.42. The summed E-state index contributed by atoms with van der Waals surface area (Å²) in [6.45, 7) is 2.50. The lowest BCUT2D eigenvalue weighted by Crippen LogP contribution is -2.03. The molecular weight excluding hydrogens is 92.1 g/mol. The summed E-state index contributed by atoms with van der Waals surface area (Å²) in [6, 6.07) is 0. The van der Waals surface area contributed by atoms with Crippen molar-refractivity contribution in [2.75, 3.05) is 6.61 Å². The van der Waals surface area contributed by atoms with Crippen LogP contribution in [0.1, 0.15) is 13.3 Å². The zero-order valence-corrected chi connectivity index (χ0v) is 4.42. The van der Waals surface area contributed by atoms with Crippen LogP contribution in [0.5, 0.6) is 0 Å². The maximum Gasteiger partial charge on any atom is 0.0798 e. The molecule has 1 fully saturated rings. The second kappa shape index (κ2) is 1.80. The van der Waals surface area contributed by atoms with E-state index in [1.54, 1.807) is 0 Å². The molecule has 7 heavy (non-hydrogen) atoms. The Bertz CT molecular complexity index is 55.1. The summed E-state index contributed by atoms with van der Waals surface area (Å²) in [5, 5.41) is 8.77. The van der Waals surface area contributed by atoms with E-state index >= 15 is 0 Å². The molecule has 1 aliphatic heterocycles. The zero-order chi connectivity index (χ0) is 5.28. The highest BCUT2D eigenvalue weighted by atomic mass is 16.5. The van der Waals surface area contributed by atoms with Gasteiger partial charge in [0.1, 0.15) is 0 Å². The monoisotopic (exact) mass is 102 g/mol. The fourth-order valence-corrected chi connectivity index (χ4v) is 0.795. The lowest BCUT2D eigenvalue weighted by Gasteiger charge is -1.94. The molecule has 1 unspecified atom stereocenters. The Morgan fingerprint density at radius 1 is 1.71 bits per heavy atom. The molecule has 2 nitrogen and oxygen atoms in total. The highest BCUT2D eigenvalue weighted by molar-refractivity contribution is 4.67. The number of hydrogen-bond donors (Lipinski definition) is 1. The molecule has 0 spiro atoms.